The van der Waals surface area contributed by atoms with E-state index in [0.717, 1.165) is 44.8 Å². The second-order valence-electron chi connectivity index (χ2n) is 11.4. The van der Waals surface area contributed by atoms with Gasteiger partial charge >= 0.3 is 0 Å². The molecule has 2 aliphatic carbocycles. The van der Waals surface area contributed by atoms with Gasteiger partial charge in [-0.05, 0) is 74.0 Å². The number of pyridine rings is 1. The van der Waals surface area contributed by atoms with E-state index in [1.807, 2.05) is 6.20 Å². The summed E-state index contributed by atoms with van der Waals surface area (Å²) in [4.78, 5) is 17.2. The normalized spacial score (nSPS) is 33.1. The minimum absolute atomic E-state index is 0.0585. The number of carbonyl (C=O) groups excluding carboxylic acids is 1. The van der Waals surface area contributed by atoms with Gasteiger partial charge < -0.3 is 4.79 Å². The Morgan fingerprint density at radius 1 is 0.971 bits per heavy atom. The quantitative estimate of drug-likeness (QED) is 0.566. The second kappa shape index (κ2) is 9.54. The van der Waals surface area contributed by atoms with Gasteiger partial charge in [-0.25, -0.2) is 10.0 Å². The molecule has 4 heteroatoms. The molecule has 1 spiro atoms. The molecule has 4 atom stereocenters. The fourth-order valence-electron chi connectivity index (χ4n) is 7.94. The lowest BCUT2D eigenvalue weighted by Gasteiger charge is -2.49. The Hall–Kier alpha value is -2.04. The number of aryl methyl sites for hydroxylation is 1. The molecule has 0 amide bonds. The van der Waals surface area contributed by atoms with Crippen molar-refractivity contribution in [2.24, 2.45) is 11.8 Å². The smallest absolute Gasteiger partial charge is 0.125 e. The standard InChI is InChI=1S/C30H39N3O/c34-21-26-20-32(22-30(26)16-7-14-28-27(30)13-8-17-31-28)33-18-15-25(23-9-3-1-4-10-23)19-29(33)24-11-5-2-6-12-24/h1,3-4,8-10,13,17,21,24-26,29H,2,5-7,11-12,14-16,18-20,22H2/t25-,26+,29+,30-/m1/s1. The maximum atomic E-state index is 12.5. The van der Waals surface area contributed by atoms with E-state index in [1.54, 1.807) is 0 Å². The molecule has 0 N–H and O–H groups in total. The first-order valence-electron chi connectivity index (χ1n) is 13.7. The second-order valence-corrected chi connectivity index (χ2v) is 11.4. The summed E-state index contributed by atoms with van der Waals surface area (Å²) in [7, 11) is 0. The van der Waals surface area contributed by atoms with E-state index >= 15 is 0 Å². The number of piperidine rings is 1. The van der Waals surface area contributed by atoms with Gasteiger partial charge in [-0.3, -0.25) is 4.98 Å². The topological polar surface area (TPSA) is 36.4 Å². The number of rotatable bonds is 4. The van der Waals surface area contributed by atoms with Crippen LogP contribution in [0, 0.1) is 11.8 Å². The molecule has 6 rings (SSSR count). The monoisotopic (exact) mass is 457 g/mol. The van der Waals surface area contributed by atoms with Gasteiger partial charge in [-0.1, -0.05) is 55.7 Å². The van der Waals surface area contributed by atoms with Crippen LogP contribution in [0.25, 0.3) is 0 Å². The molecule has 1 aromatic carbocycles. The molecular weight excluding hydrogens is 418 g/mol. The van der Waals surface area contributed by atoms with Crippen molar-refractivity contribution in [3.63, 3.8) is 0 Å². The maximum Gasteiger partial charge on any atom is 0.125 e. The van der Waals surface area contributed by atoms with Crippen molar-refractivity contribution in [1.82, 2.24) is 15.0 Å². The number of fused-ring (bicyclic) bond motifs is 2. The van der Waals surface area contributed by atoms with Crippen molar-refractivity contribution < 1.29 is 4.79 Å². The van der Waals surface area contributed by atoms with Crippen molar-refractivity contribution in [2.75, 3.05) is 19.6 Å². The molecule has 0 unspecified atom stereocenters. The van der Waals surface area contributed by atoms with E-state index in [1.165, 1.54) is 68.1 Å². The molecule has 180 valence electrons. The summed E-state index contributed by atoms with van der Waals surface area (Å²) in [5, 5.41) is 5.38. The Labute approximate surface area is 204 Å². The molecule has 1 aromatic heterocycles. The third-order valence-electron chi connectivity index (χ3n) is 9.65. The van der Waals surface area contributed by atoms with Crippen molar-refractivity contribution in [3.8, 4) is 0 Å². The zero-order valence-electron chi connectivity index (χ0n) is 20.4. The lowest BCUT2D eigenvalue weighted by atomic mass is 9.66. The zero-order valence-corrected chi connectivity index (χ0v) is 20.4. The number of hydrogen-bond acceptors (Lipinski definition) is 4. The van der Waals surface area contributed by atoms with E-state index in [0.29, 0.717) is 12.0 Å². The van der Waals surface area contributed by atoms with E-state index in [-0.39, 0.29) is 11.3 Å². The van der Waals surface area contributed by atoms with Gasteiger partial charge in [-0.15, -0.1) is 0 Å². The number of benzene rings is 1. The SMILES string of the molecule is O=C[C@@H]1CN(N2CC[C@@H](c3ccccc3)C[C@H]2C2CCCCC2)C[C@]12CCCc1ncccc12. The molecule has 3 heterocycles. The fraction of sp³-hybridized carbons (Fsp3) is 0.600. The molecule has 34 heavy (non-hydrogen) atoms. The van der Waals surface area contributed by atoms with E-state index in [4.69, 9.17) is 4.98 Å². The third-order valence-corrected chi connectivity index (χ3v) is 9.65. The summed E-state index contributed by atoms with van der Waals surface area (Å²) in [6.45, 7) is 2.97. The molecule has 4 aliphatic rings. The van der Waals surface area contributed by atoms with Gasteiger partial charge in [0.1, 0.15) is 6.29 Å². The van der Waals surface area contributed by atoms with Crippen LogP contribution in [0.15, 0.2) is 48.7 Å². The predicted octanol–water partition coefficient (Wildman–Crippen LogP) is 5.53. The van der Waals surface area contributed by atoms with E-state index in [9.17, 15) is 4.79 Å². The molecule has 3 fully saturated rings. The Balaban J connectivity index is 1.29. The summed E-state index contributed by atoms with van der Waals surface area (Å²) in [5.41, 5.74) is 4.04. The van der Waals surface area contributed by atoms with Crippen molar-refractivity contribution in [1.29, 1.82) is 0 Å². The summed E-state index contributed by atoms with van der Waals surface area (Å²) in [6, 6.07) is 16.1. The van der Waals surface area contributed by atoms with Crippen LogP contribution in [0.1, 0.15) is 80.5 Å². The van der Waals surface area contributed by atoms with Crippen LogP contribution in [0.5, 0.6) is 0 Å². The number of aldehydes is 1. The number of hydrogen-bond donors (Lipinski definition) is 0. The van der Waals surface area contributed by atoms with E-state index in [2.05, 4.69) is 52.5 Å². The van der Waals surface area contributed by atoms with Crippen molar-refractivity contribution >= 4 is 6.29 Å². The highest BCUT2D eigenvalue weighted by atomic mass is 16.1. The maximum absolute atomic E-state index is 12.5. The van der Waals surface area contributed by atoms with Crippen LogP contribution in [-0.2, 0) is 16.6 Å². The Morgan fingerprint density at radius 3 is 2.65 bits per heavy atom. The minimum atomic E-state index is -0.0585. The highest BCUT2D eigenvalue weighted by molar-refractivity contribution is 5.60. The molecule has 2 saturated heterocycles. The van der Waals surface area contributed by atoms with Crippen LogP contribution in [-0.4, -0.2) is 47.0 Å². The van der Waals surface area contributed by atoms with Gasteiger partial charge in [0.15, 0.2) is 0 Å². The first kappa shape index (κ1) is 22.4. The van der Waals surface area contributed by atoms with E-state index < -0.39 is 0 Å². The molecule has 0 radical (unpaired) electrons. The van der Waals surface area contributed by atoms with Crippen LogP contribution in [0.3, 0.4) is 0 Å². The highest BCUT2D eigenvalue weighted by Crippen LogP contribution is 2.48. The third kappa shape index (κ3) is 3.93. The lowest BCUT2D eigenvalue weighted by molar-refractivity contribution is -0.114. The number of nitrogens with zero attached hydrogens (tertiary/aromatic N) is 3. The predicted molar refractivity (Wildman–Crippen MR) is 135 cm³/mol. The Kier molecular flexibility index (Phi) is 6.30. The van der Waals surface area contributed by atoms with Gasteiger partial charge in [0, 0.05) is 48.9 Å². The number of hydrazine groups is 1. The summed E-state index contributed by atoms with van der Waals surface area (Å²) < 4.78 is 0. The van der Waals surface area contributed by atoms with Gasteiger partial charge in [0.05, 0.1) is 0 Å². The summed E-state index contributed by atoms with van der Waals surface area (Å²) in [5.74, 6) is 1.50. The van der Waals surface area contributed by atoms with Crippen LogP contribution in [0.4, 0.5) is 0 Å². The molecule has 1 saturated carbocycles. The van der Waals surface area contributed by atoms with Crippen LogP contribution >= 0.6 is 0 Å². The van der Waals surface area contributed by atoms with Crippen LogP contribution < -0.4 is 0 Å². The molecule has 4 nitrogen and oxygen atoms in total. The average molecular weight is 458 g/mol. The Morgan fingerprint density at radius 2 is 1.82 bits per heavy atom. The van der Waals surface area contributed by atoms with Gasteiger partial charge in [-0.2, -0.15) is 0 Å². The van der Waals surface area contributed by atoms with Gasteiger partial charge in [0.25, 0.3) is 0 Å². The molecule has 0 bridgehead atoms. The average Bonchev–Trinajstić information content (AvgIpc) is 3.28. The van der Waals surface area contributed by atoms with Gasteiger partial charge in [0.2, 0.25) is 0 Å². The number of carbonyl (C=O) groups is 1. The van der Waals surface area contributed by atoms with Crippen molar-refractivity contribution in [2.45, 2.75) is 81.6 Å². The highest BCUT2D eigenvalue weighted by Gasteiger charge is 2.52. The molecular formula is C30H39N3O. The lowest BCUT2D eigenvalue weighted by Crippen LogP contribution is -2.55. The van der Waals surface area contributed by atoms with Crippen LogP contribution in [0.2, 0.25) is 0 Å². The minimum Gasteiger partial charge on any atom is -0.303 e. The molecule has 2 aliphatic heterocycles. The summed E-state index contributed by atoms with van der Waals surface area (Å²) in [6.07, 6.45) is 15.9. The first-order chi connectivity index (χ1) is 16.8. The fourth-order valence-corrected chi connectivity index (χ4v) is 7.94. The molecule has 2 aromatic rings. The largest absolute Gasteiger partial charge is 0.303 e. The number of aromatic nitrogens is 1. The Bertz CT molecular complexity index is 988. The zero-order chi connectivity index (χ0) is 23.0. The summed E-state index contributed by atoms with van der Waals surface area (Å²) >= 11 is 0. The first-order valence-corrected chi connectivity index (χ1v) is 13.7. The van der Waals surface area contributed by atoms with Crippen molar-refractivity contribution in [3.05, 3.63) is 65.5 Å².